The third kappa shape index (κ3) is 71.7. The summed E-state index contributed by atoms with van der Waals surface area (Å²) in [4.78, 5) is 72.8. The Hall–Kier alpha value is -2.46. The van der Waals surface area contributed by atoms with Gasteiger partial charge in [0.1, 0.15) is 19.3 Å². The Morgan fingerprint density at radius 2 is 0.557 bits per heavy atom. The molecule has 0 heterocycles. The maximum Gasteiger partial charge on any atom is 0.472 e. The summed E-state index contributed by atoms with van der Waals surface area (Å²) in [6.07, 6.45) is 60.5. The Kier molecular flexibility index (Phi) is 67.5. The monoisotopic (exact) mass is 1420 g/mol. The fraction of sp³-hybridized carbons (Fsp3) is 0.897. The third-order valence-electron chi connectivity index (χ3n) is 17.6. The first-order valence-electron chi connectivity index (χ1n) is 39.8. The average molecular weight is 1420 g/mol. The van der Waals surface area contributed by atoms with Crippen LogP contribution in [0.25, 0.3) is 0 Å². The second-order valence-electron chi connectivity index (χ2n) is 28.4. The molecule has 0 saturated carbocycles. The molecule has 0 rings (SSSR count). The SMILES string of the molecule is CCCCCC/C=C\C=C/CCCCCCCC(=O)O[C@H](COC(=O)CCCCCCCCCC)COP(=O)(O)OC[C@H](O)COP(=O)(O)OC[C@@H](COC(=O)CCCCCCCCCCCCCCCCC(C)C)OC(=O)CCCCCCCCCCCCCCCCC(C)C. The molecule has 0 bridgehead atoms. The number of ether oxygens (including phenoxy) is 4. The summed E-state index contributed by atoms with van der Waals surface area (Å²) >= 11 is 0. The van der Waals surface area contributed by atoms with Crippen molar-refractivity contribution in [2.75, 3.05) is 39.6 Å². The van der Waals surface area contributed by atoms with E-state index in [4.69, 9.17) is 37.0 Å². The smallest absolute Gasteiger partial charge is 0.462 e. The number of hydrogen-bond acceptors (Lipinski definition) is 15. The first-order valence-corrected chi connectivity index (χ1v) is 42.8. The second-order valence-corrected chi connectivity index (χ2v) is 31.3. The first kappa shape index (κ1) is 94.5. The van der Waals surface area contributed by atoms with Crippen molar-refractivity contribution in [2.45, 2.75) is 400 Å². The number of hydrogen-bond donors (Lipinski definition) is 3. The molecule has 3 N–H and O–H groups in total. The molecular formula is C78H148O17P2. The summed E-state index contributed by atoms with van der Waals surface area (Å²) in [5, 5.41) is 10.6. The van der Waals surface area contributed by atoms with Crippen LogP contribution in [0.15, 0.2) is 24.3 Å². The van der Waals surface area contributed by atoms with Gasteiger partial charge in [0.15, 0.2) is 12.2 Å². The number of carbonyl (C=O) groups is 4. The molecule has 0 aliphatic heterocycles. The van der Waals surface area contributed by atoms with Crippen molar-refractivity contribution in [3.05, 3.63) is 24.3 Å². The quantitative estimate of drug-likeness (QED) is 0.0169. The Balaban J connectivity index is 5.25. The van der Waals surface area contributed by atoms with Crippen LogP contribution in [0.3, 0.4) is 0 Å². The van der Waals surface area contributed by atoms with Crippen LogP contribution in [-0.2, 0) is 65.4 Å². The van der Waals surface area contributed by atoms with E-state index < -0.39 is 97.5 Å². The number of allylic oxidation sites excluding steroid dienone is 4. The molecule has 0 amide bonds. The molecular weight excluding hydrogens is 1270 g/mol. The van der Waals surface area contributed by atoms with Crippen LogP contribution in [0.5, 0.6) is 0 Å². The van der Waals surface area contributed by atoms with Crippen molar-refractivity contribution in [3.8, 4) is 0 Å². The molecule has 0 radical (unpaired) electrons. The van der Waals surface area contributed by atoms with Crippen molar-refractivity contribution >= 4 is 39.5 Å². The highest BCUT2D eigenvalue weighted by molar-refractivity contribution is 7.47. The Labute approximate surface area is 592 Å². The molecule has 2 unspecified atom stereocenters. The van der Waals surface area contributed by atoms with Crippen LogP contribution in [0.1, 0.15) is 382 Å². The molecule has 5 atom stereocenters. The Morgan fingerprint density at radius 3 is 0.845 bits per heavy atom. The zero-order chi connectivity index (χ0) is 71.4. The van der Waals surface area contributed by atoms with E-state index in [1.807, 2.05) is 0 Å². The van der Waals surface area contributed by atoms with Gasteiger partial charge < -0.3 is 33.8 Å². The lowest BCUT2D eigenvalue weighted by molar-refractivity contribution is -0.161. The van der Waals surface area contributed by atoms with E-state index in [1.165, 1.54) is 180 Å². The van der Waals surface area contributed by atoms with Crippen molar-refractivity contribution in [1.29, 1.82) is 0 Å². The minimum atomic E-state index is -4.96. The molecule has 0 aromatic carbocycles. The predicted octanol–water partition coefficient (Wildman–Crippen LogP) is 22.7. The van der Waals surface area contributed by atoms with Gasteiger partial charge in [-0.3, -0.25) is 37.3 Å². The molecule has 0 spiro atoms. The van der Waals surface area contributed by atoms with E-state index in [2.05, 4.69) is 65.8 Å². The highest BCUT2D eigenvalue weighted by atomic mass is 31.2. The first-order chi connectivity index (χ1) is 46.9. The molecule has 0 aromatic rings. The van der Waals surface area contributed by atoms with E-state index in [1.54, 1.807) is 0 Å². The second kappa shape index (κ2) is 69.3. The van der Waals surface area contributed by atoms with Crippen LogP contribution in [0, 0.1) is 11.8 Å². The fourth-order valence-corrected chi connectivity index (χ4v) is 13.0. The van der Waals surface area contributed by atoms with Crippen molar-refractivity contribution in [1.82, 2.24) is 0 Å². The lowest BCUT2D eigenvalue weighted by Gasteiger charge is -2.21. The van der Waals surface area contributed by atoms with Crippen LogP contribution >= 0.6 is 15.6 Å². The van der Waals surface area contributed by atoms with Crippen molar-refractivity contribution in [2.24, 2.45) is 11.8 Å². The number of carbonyl (C=O) groups excluding carboxylic acids is 4. The van der Waals surface area contributed by atoms with Gasteiger partial charge >= 0.3 is 39.5 Å². The summed E-state index contributed by atoms with van der Waals surface area (Å²) in [5.41, 5.74) is 0. The number of unbranched alkanes of at least 4 members (excludes halogenated alkanes) is 42. The minimum absolute atomic E-state index is 0.0849. The standard InChI is InChI=1S/C78H148O17P2/c1-7-9-11-13-15-17-18-19-20-28-33-38-44-50-56-62-77(82)94-73(66-88-75(80)60-54-48-42-16-14-12-10-8-2)68-92-96(84,85)90-64-72(79)65-91-97(86,87)93-69-74(95-78(83)63-57-51-45-39-34-29-24-22-26-31-36-41-47-53-59-71(5)6)67-89-76(81)61-55-49-43-37-32-27-23-21-25-30-35-40-46-52-58-70(3)4/h17-20,70-74,79H,7-16,21-69H2,1-6H3,(H,84,85)(H,86,87)/b18-17-,20-19-/t72-,73+,74+/m0/s1. The van der Waals surface area contributed by atoms with Gasteiger partial charge in [0.25, 0.3) is 0 Å². The average Bonchev–Trinajstić information content (AvgIpc) is 1.60. The zero-order valence-corrected chi connectivity index (χ0v) is 64.7. The van der Waals surface area contributed by atoms with Gasteiger partial charge in [-0.2, -0.15) is 0 Å². The lowest BCUT2D eigenvalue weighted by Crippen LogP contribution is -2.30. The Morgan fingerprint density at radius 1 is 0.320 bits per heavy atom. The summed E-state index contributed by atoms with van der Waals surface area (Å²) in [6, 6.07) is 0. The number of aliphatic hydroxyl groups excluding tert-OH is 1. The Bertz CT molecular complexity index is 1970. The summed E-state index contributed by atoms with van der Waals surface area (Å²) in [5.74, 6) is -0.554. The molecule has 0 saturated heterocycles. The van der Waals surface area contributed by atoms with Gasteiger partial charge in [0.2, 0.25) is 0 Å². The van der Waals surface area contributed by atoms with Gasteiger partial charge in [-0.05, 0) is 63.2 Å². The van der Waals surface area contributed by atoms with Gasteiger partial charge in [0, 0.05) is 25.7 Å². The van der Waals surface area contributed by atoms with Gasteiger partial charge in [0.05, 0.1) is 26.4 Å². The maximum absolute atomic E-state index is 13.1. The number of phosphoric ester groups is 2. The van der Waals surface area contributed by atoms with E-state index in [0.717, 1.165) is 121 Å². The third-order valence-corrected chi connectivity index (χ3v) is 19.5. The summed E-state index contributed by atoms with van der Waals surface area (Å²) < 4.78 is 68.5. The van der Waals surface area contributed by atoms with Crippen molar-refractivity contribution < 1.29 is 80.2 Å². The topological polar surface area (TPSA) is 237 Å². The van der Waals surface area contributed by atoms with Gasteiger partial charge in [-0.1, -0.05) is 329 Å². The molecule has 97 heavy (non-hydrogen) atoms. The largest absolute Gasteiger partial charge is 0.472 e. The highest BCUT2D eigenvalue weighted by Gasteiger charge is 2.30. The van der Waals surface area contributed by atoms with Crippen molar-refractivity contribution in [3.63, 3.8) is 0 Å². The zero-order valence-electron chi connectivity index (χ0n) is 62.9. The molecule has 572 valence electrons. The van der Waals surface area contributed by atoms with Crippen LogP contribution in [-0.4, -0.2) is 96.7 Å². The maximum atomic E-state index is 13.1. The molecule has 0 aliphatic rings. The minimum Gasteiger partial charge on any atom is -0.462 e. The van der Waals surface area contributed by atoms with E-state index in [0.29, 0.717) is 25.7 Å². The molecule has 19 heteroatoms. The van der Waals surface area contributed by atoms with Gasteiger partial charge in [-0.15, -0.1) is 0 Å². The lowest BCUT2D eigenvalue weighted by atomic mass is 10.0. The summed E-state index contributed by atoms with van der Waals surface area (Å²) in [6.45, 7) is 9.56. The van der Waals surface area contributed by atoms with Crippen LogP contribution in [0.4, 0.5) is 0 Å². The molecule has 0 aromatic heterocycles. The van der Waals surface area contributed by atoms with E-state index >= 15 is 0 Å². The van der Waals surface area contributed by atoms with E-state index in [-0.39, 0.29) is 25.7 Å². The number of rotatable bonds is 75. The molecule has 0 aliphatic carbocycles. The van der Waals surface area contributed by atoms with Crippen LogP contribution in [0.2, 0.25) is 0 Å². The predicted molar refractivity (Wildman–Crippen MR) is 395 cm³/mol. The van der Waals surface area contributed by atoms with Crippen LogP contribution < -0.4 is 0 Å². The molecule has 0 fully saturated rings. The highest BCUT2D eigenvalue weighted by Crippen LogP contribution is 2.45. The van der Waals surface area contributed by atoms with Gasteiger partial charge in [-0.25, -0.2) is 9.13 Å². The number of aliphatic hydroxyl groups is 1. The van der Waals surface area contributed by atoms with E-state index in [9.17, 15) is 43.2 Å². The number of esters is 4. The number of phosphoric acid groups is 2. The summed E-state index contributed by atoms with van der Waals surface area (Å²) in [7, 11) is -9.92. The fourth-order valence-electron chi connectivity index (χ4n) is 11.5. The normalized spacial score (nSPS) is 14.1. The molecule has 17 nitrogen and oxygen atoms in total.